The van der Waals surface area contributed by atoms with Crippen LogP contribution in [0.4, 0.5) is 17.6 Å². The molecule has 124 valence electrons. The zero-order chi connectivity index (χ0) is 16.8. The van der Waals surface area contributed by atoms with Crippen LogP contribution in [0.2, 0.25) is 0 Å². The lowest BCUT2D eigenvalue weighted by molar-refractivity contribution is 0.400. The van der Waals surface area contributed by atoms with E-state index in [4.69, 9.17) is 4.52 Å². The molecule has 0 spiro atoms. The molecule has 2 N–H and O–H groups in total. The van der Waals surface area contributed by atoms with Crippen LogP contribution in [0.15, 0.2) is 47.0 Å². The fraction of sp³-hybridized carbons (Fsp3) is 0.278. The standard InChI is InChI=1S/C18H21N5O/c1-3-4-10-19-16-12-15(14-8-6-5-7-9-14)20-18(21-16)22-17-11-13(2)24-23-17/h5-9,11-12H,3-4,10H2,1-2H3,(H2,19,20,21,22,23). The molecule has 0 radical (unpaired) electrons. The molecule has 6 nitrogen and oxygen atoms in total. The van der Waals surface area contributed by atoms with Gasteiger partial charge in [0.15, 0.2) is 5.82 Å². The third-order valence-electron chi connectivity index (χ3n) is 3.50. The molecule has 0 aliphatic carbocycles. The van der Waals surface area contributed by atoms with Gasteiger partial charge in [-0.3, -0.25) is 0 Å². The maximum absolute atomic E-state index is 5.08. The number of hydrogen-bond acceptors (Lipinski definition) is 6. The zero-order valence-corrected chi connectivity index (χ0v) is 13.9. The molecular formula is C18H21N5O. The summed E-state index contributed by atoms with van der Waals surface area (Å²) < 4.78 is 5.08. The highest BCUT2D eigenvalue weighted by Crippen LogP contribution is 2.23. The van der Waals surface area contributed by atoms with E-state index in [-0.39, 0.29) is 0 Å². The first-order chi connectivity index (χ1) is 11.7. The molecule has 0 aliphatic heterocycles. The predicted octanol–water partition coefficient (Wildman–Crippen LogP) is 4.40. The fourth-order valence-electron chi connectivity index (χ4n) is 2.28. The van der Waals surface area contributed by atoms with Crippen LogP contribution in [0.5, 0.6) is 0 Å². The van der Waals surface area contributed by atoms with Gasteiger partial charge in [-0.05, 0) is 13.3 Å². The van der Waals surface area contributed by atoms with E-state index in [1.165, 1.54) is 0 Å². The maximum atomic E-state index is 5.08. The Morgan fingerprint density at radius 2 is 1.88 bits per heavy atom. The van der Waals surface area contributed by atoms with Crippen LogP contribution in [0.3, 0.4) is 0 Å². The lowest BCUT2D eigenvalue weighted by Crippen LogP contribution is -2.06. The van der Waals surface area contributed by atoms with Gasteiger partial charge >= 0.3 is 0 Å². The average molecular weight is 323 g/mol. The van der Waals surface area contributed by atoms with Crippen molar-refractivity contribution in [2.24, 2.45) is 0 Å². The number of nitrogens with one attached hydrogen (secondary N) is 2. The highest BCUT2D eigenvalue weighted by Gasteiger charge is 2.09. The van der Waals surface area contributed by atoms with Crippen LogP contribution in [0.25, 0.3) is 11.3 Å². The van der Waals surface area contributed by atoms with Crippen molar-refractivity contribution in [2.45, 2.75) is 26.7 Å². The van der Waals surface area contributed by atoms with Crippen molar-refractivity contribution in [1.82, 2.24) is 15.1 Å². The smallest absolute Gasteiger partial charge is 0.231 e. The van der Waals surface area contributed by atoms with E-state index in [9.17, 15) is 0 Å². The van der Waals surface area contributed by atoms with Crippen LogP contribution >= 0.6 is 0 Å². The Morgan fingerprint density at radius 1 is 1.04 bits per heavy atom. The number of aryl methyl sites for hydroxylation is 1. The van der Waals surface area contributed by atoms with Gasteiger partial charge in [-0.2, -0.15) is 4.98 Å². The molecule has 2 aromatic heterocycles. The summed E-state index contributed by atoms with van der Waals surface area (Å²) in [6.45, 7) is 4.89. The minimum absolute atomic E-state index is 0.489. The number of nitrogens with zero attached hydrogens (tertiary/aromatic N) is 3. The first-order valence-corrected chi connectivity index (χ1v) is 8.13. The molecule has 1 aromatic carbocycles. The van der Waals surface area contributed by atoms with Crippen LogP contribution in [-0.4, -0.2) is 21.7 Å². The summed E-state index contributed by atoms with van der Waals surface area (Å²) >= 11 is 0. The molecule has 6 heteroatoms. The molecule has 24 heavy (non-hydrogen) atoms. The molecule has 0 aliphatic rings. The Labute approximate surface area is 141 Å². The van der Waals surface area contributed by atoms with Crippen molar-refractivity contribution in [2.75, 3.05) is 17.2 Å². The Morgan fingerprint density at radius 3 is 2.58 bits per heavy atom. The number of unbranched alkanes of at least 4 members (excludes halogenated alkanes) is 1. The molecule has 3 aromatic rings. The third kappa shape index (κ3) is 4.10. The average Bonchev–Trinajstić information content (AvgIpc) is 3.00. The van der Waals surface area contributed by atoms with Crippen LogP contribution < -0.4 is 10.6 Å². The molecule has 0 bridgehead atoms. The number of hydrogen-bond donors (Lipinski definition) is 2. The quantitative estimate of drug-likeness (QED) is 0.628. The molecule has 0 saturated heterocycles. The summed E-state index contributed by atoms with van der Waals surface area (Å²) in [5.74, 6) is 2.61. The molecule has 0 amide bonds. The van der Waals surface area contributed by atoms with E-state index in [1.54, 1.807) is 0 Å². The highest BCUT2D eigenvalue weighted by molar-refractivity contribution is 5.65. The van der Waals surface area contributed by atoms with Gasteiger partial charge in [0, 0.05) is 24.2 Å². The minimum atomic E-state index is 0.489. The van der Waals surface area contributed by atoms with E-state index >= 15 is 0 Å². The Balaban J connectivity index is 1.90. The van der Waals surface area contributed by atoms with Crippen LogP contribution in [0, 0.1) is 6.92 Å². The van der Waals surface area contributed by atoms with E-state index in [1.807, 2.05) is 49.4 Å². The number of anilines is 3. The molecule has 0 saturated carbocycles. The molecule has 3 rings (SSSR count). The lowest BCUT2D eigenvalue weighted by atomic mass is 10.1. The number of rotatable bonds is 7. The van der Waals surface area contributed by atoms with Crippen molar-refractivity contribution in [3.63, 3.8) is 0 Å². The van der Waals surface area contributed by atoms with Gasteiger partial charge < -0.3 is 15.2 Å². The van der Waals surface area contributed by atoms with Gasteiger partial charge in [0.25, 0.3) is 0 Å². The fourth-order valence-corrected chi connectivity index (χ4v) is 2.28. The Bertz CT molecular complexity index is 785. The van der Waals surface area contributed by atoms with E-state index in [0.717, 1.165) is 42.2 Å². The van der Waals surface area contributed by atoms with Gasteiger partial charge in [0.1, 0.15) is 11.6 Å². The maximum Gasteiger partial charge on any atom is 0.231 e. The monoisotopic (exact) mass is 323 g/mol. The van der Waals surface area contributed by atoms with Crippen molar-refractivity contribution in [1.29, 1.82) is 0 Å². The summed E-state index contributed by atoms with van der Waals surface area (Å²) in [5, 5.41) is 10.4. The highest BCUT2D eigenvalue weighted by atomic mass is 16.5. The van der Waals surface area contributed by atoms with E-state index < -0.39 is 0 Å². The first kappa shape index (κ1) is 16.0. The first-order valence-electron chi connectivity index (χ1n) is 8.13. The summed E-state index contributed by atoms with van der Waals surface area (Å²) in [7, 11) is 0. The van der Waals surface area contributed by atoms with Crippen molar-refractivity contribution < 1.29 is 4.52 Å². The molecular weight excluding hydrogens is 302 g/mol. The van der Waals surface area contributed by atoms with Crippen LogP contribution in [0.1, 0.15) is 25.5 Å². The Hall–Kier alpha value is -2.89. The Kier molecular flexibility index (Phi) is 5.05. The summed E-state index contributed by atoms with van der Waals surface area (Å²) in [5.41, 5.74) is 1.89. The van der Waals surface area contributed by atoms with Gasteiger partial charge in [-0.15, -0.1) is 0 Å². The van der Waals surface area contributed by atoms with Gasteiger partial charge in [0.2, 0.25) is 5.95 Å². The SMILES string of the molecule is CCCCNc1cc(-c2ccccc2)nc(Nc2cc(C)on2)n1. The van der Waals surface area contributed by atoms with Crippen molar-refractivity contribution >= 4 is 17.6 Å². The normalized spacial score (nSPS) is 10.6. The second kappa shape index (κ2) is 7.59. The third-order valence-corrected chi connectivity index (χ3v) is 3.50. The van der Waals surface area contributed by atoms with Crippen LogP contribution in [-0.2, 0) is 0 Å². The largest absolute Gasteiger partial charge is 0.370 e. The number of benzene rings is 1. The summed E-state index contributed by atoms with van der Waals surface area (Å²) in [6.07, 6.45) is 2.23. The van der Waals surface area contributed by atoms with E-state index in [2.05, 4.69) is 32.7 Å². The second-order valence-electron chi connectivity index (χ2n) is 5.56. The zero-order valence-electron chi connectivity index (χ0n) is 13.9. The topological polar surface area (TPSA) is 75.9 Å². The predicted molar refractivity (Wildman–Crippen MR) is 95.4 cm³/mol. The molecule has 2 heterocycles. The number of aromatic nitrogens is 3. The van der Waals surface area contributed by atoms with Crippen molar-refractivity contribution in [3.8, 4) is 11.3 Å². The summed E-state index contributed by atoms with van der Waals surface area (Å²) in [6, 6.07) is 13.8. The summed E-state index contributed by atoms with van der Waals surface area (Å²) in [4.78, 5) is 9.11. The lowest BCUT2D eigenvalue weighted by Gasteiger charge is -2.10. The van der Waals surface area contributed by atoms with E-state index in [0.29, 0.717) is 11.8 Å². The molecule has 0 unspecified atom stereocenters. The molecule has 0 fully saturated rings. The van der Waals surface area contributed by atoms with Gasteiger partial charge in [-0.25, -0.2) is 4.98 Å². The van der Waals surface area contributed by atoms with Gasteiger partial charge in [0.05, 0.1) is 5.69 Å². The van der Waals surface area contributed by atoms with Crippen molar-refractivity contribution in [3.05, 3.63) is 48.2 Å². The molecule has 0 atom stereocenters. The minimum Gasteiger partial charge on any atom is -0.370 e. The van der Waals surface area contributed by atoms with Gasteiger partial charge in [-0.1, -0.05) is 48.8 Å². The second-order valence-corrected chi connectivity index (χ2v) is 5.56.